The summed E-state index contributed by atoms with van der Waals surface area (Å²) in [6, 6.07) is 2.01. The molecule has 3 heterocycles. The summed E-state index contributed by atoms with van der Waals surface area (Å²) in [5.74, 6) is 5.68. The zero-order valence-electron chi connectivity index (χ0n) is 24.2. The Balaban J connectivity index is 1.36. The van der Waals surface area contributed by atoms with Gasteiger partial charge in [0, 0.05) is 18.5 Å². The molecule has 7 atom stereocenters. The predicted molar refractivity (Wildman–Crippen MR) is 147 cm³/mol. The zero-order valence-corrected chi connectivity index (χ0v) is 24.2. The molecule has 0 unspecified atom stereocenters. The van der Waals surface area contributed by atoms with E-state index in [0.29, 0.717) is 30.9 Å². The Labute approximate surface area is 239 Å². The molecule has 2 saturated heterocycles. The van der Waals surface area contributed by atoms with Crippen LogP contribution in [0.25, 0.3) is 0 Å². The standard InChI is InChI=1S/C29H40N4O8/c1-15-8-9-20(38-5)23-22(15)28-12-14-33(30)18(4)29(28,37)11-10-21(24(28)41-23)40-27(36)17(3)39-26(35)16(2)32-25(34)19-7-6-13-31-19/h8-10,16-19,24,31,37H,6-7,11-14,30H2,1-5H3,(H,32,34)/t16-,17-,18+,19-,24-,28-,29+/m0/s1. The molecule has 2 fully saturated rings. The number of aliphatic hydroxyl groups is 1. The van der Waals surface area contributed by atoms with Crippen LogP contribution in [-0.2, 0) is 29.3 Å². The maximum atomic E-state index is 13.2. The Bertz CT molecular complexity index is 1260. The number of amides is 1. The molecule has 1 amide bonds. The lowest BCUT2D eigenvalue weighted by Gasteiger charge is -2.58. The molecule has 12 heteroatoms. The van der Waals surface area contributed by atoms with Crippen molar-refractivity contribution >= 4 is 17.8 Å². The first-order valence-electron chi connectivity index (χ1n) is 14.2. The third-order valence-electron chi connectivity index (χ3n) is 9.21. The third kappa shape index (κ3) is 4.66. The largest absolute Gasteiger partial charge is 0.493 e. The Morgan fingerprint density at radius 3 is 2.71 bits per heavy atom. The third-order valence-corrected chi connectivity index (χ3v) is 9.21. The number of carbonyl (C=O) groups is 3. The minimum absolute atomic E-state index is 0.160. The smallest absolute Gasteiger partial charge is 0.352 e. The Morgan fingerprint density at radius 1 is 1.27 bits per heavy atom. The van der Waals surface area contributed by atoms with Gasteiger partial charge in [0.2, 0.25) is 5.91 Å². The van der Waals surface area contributed by atoms with Crippen molar-refractivity contribution in [3.05, 3.63) is 35.1 Å². The van der Waals surface area contributed by atoms with Gasteiger partial charge in [-0.2, -0.15) is 0 Å². The van der Waals surface area contributed by atoms with Crippen molar-refractivity contribution in [1.29, 1.82) is 0 Å². The van der Waals surface area contributed by atoms with Crippen molar-refractivity contribution in [1.82, 2.24) is 15.6 Å². The molecule has 41 heavy (non-hydrogen) atoms. The number of carbonyl (C=O) groups excluding carboxylic acids is 3. The molecule has 1 aromatic carbocycles. The van der Waals surface area contributed by atoms with E-state index in [1.54, 1.807) is 18.2 Å². The van der Waals surface area contributed by atoms with E-state index in [0.717, 1.165) is 24.1 Å². The van der Waals surface area contributed by atoms with Gasteiger partial charge in [-0.15, -0.1) is 0 Å². The number of aryl methyl sites for hydroxylation is 1. The van der Waals surface area contributed by atoms with E-state index in [1.807, 2.05) is 26.0 Å². The quantitative estimate of drug-likeness (QED) is 0.269. The van der Waals surface area contributed by atoms with E-state index in [4.69, 9.17) is 24.8 Å². The minimum Gasteiger partial charge on any atom is -0.493 e. The van der Waals surface area contributed by atoms with Crippen LogP contribution in [0.3, 0.4) is 0 Å². The van der Waals surface area contributed by atoms with Crippen molar-refractivity contribution in [2.24, 2.45) is 5.84 Å². The van der Waals surface area contributed by atoms with Crippen molar-refractivity contribution in [3.8, 4) is 11.5 Å². The number of esters is 2. The molecular formula is C29H40N4O8. The maximum absolute atomic E-state index is 13.2. The highest BCUT2D eigenvalue weighted by molar-refractivity contribution is 5.88. The van der Waals surface area contributed by atoms with Gasteiger partial charge >= 0.3 is 11.9 Å². The van der Waals surface area contributed by atoms with Crippen LogP contribution in [0, 0.1) is 6.92 Å². The summed E-state index contributed by atoms with van der Waals surface area (Å²) in [5.41, 5.74) is -0.568. The lowest BCUT2D eigenvalue weighted by atomic mass is 9.54. The van der Waals surface area contributed by atoms with Gasteiger partial charge in [-0.05, 0) is 71.2 Å². The normalized spacial score (nSPS) is 31.9. The topological polar surface area (TPSA) is 162 Å². The average molecular weight is 573 g/mol. The number of benzene rings is 1. The van der Waals surface area contributed by atoms with Gasteiger partial charge in [0.25, 0.3) is 0 Å². The Hall–Kier alpha value is -3.19. The van der Waals surface area contributed by atoms with Crippen molar-refractivity contribution in [2.45, 2.75) is 94.7 Å². The van der Waals surface area contributed by atoms with Gasteiger partial charge < -0.3 is 34.7 Å². The molecular weight excluding hydrogens is 532 g/mol. The highest BCUT2D eigenvalue weighted by Gasteiger charge is 2.69. The molecule has 224 valence electrons. The molecule has 5 N–H and O–H groups in total. The molecule has 5 rings (SSSR count). The summed E-state index contributed by atoms with van der Waals surface area (Å²) in [6.07, 6.45) is 1.74. The van der Waals surface area contributed by atoms with Crippen LogP contribution in [0.4, 0.5) is 0 Å². The van der Waals surface area contributed by atoms with Gasteiger partial charge in [-0.25, -0.2) is 14.6 Å². The number of ether oxygens (including phenoxy) is 4. The van der Waals surface area contributed by atoms with Crippen LogP contribution >= 0.6 is 0 Å². The monoisotopic (exact) mass is 572 g/mol. The van der Waals surface area contributed by atoms with Gasteiger partial charge in [0.1, 0.15) is 11.8 Å². The first-order chi connectivity index (χ1) is 19.4. The van der Waals surface area contributed by atoms with E-state index < -0.39 is 47.2 Å². The van der Waals surface area contributed by atoms with Crippen LogP contribution in [0.1, 0.15) is 57.6 Å². The molecule has 0 saturated carbocycles. The fourth-order valence-electron chi connectivity index (χ4n) is 6.82. The van der Waals surface area contributed by atoms with Gasteiger partial charge in [-0.1, -0.05) is 6.07 Å². The SMILES string of the molecule is COc1ccc(C)c2c1O[C@H]1C(OC(=O)[C@H](C)OC(=O)[C@H](C)NC(=O)[C@@H]3CCCN3)=CC[C@@]3(O)[C@@H](C)N(N)CC[C@]213. The van der Waals surface area contributed by atoms with E-state index >= 15 is 0 Å². The summed E-state index contributed by atoms with van der Waals surface area (Å²) in [7, 11) is 1.55. The van der Waals surface area contributed by atoms with Gasteiger partial charge in [-0.3, -0.25) is 10.6 Å². The lowest BCUT2D eigenvalue weighted by Crippen LogP contribution is -2.73. The first-order valence-corrected chi connectivity index (χ1v) is 14.2. The van der Waals surface area contributed by atoms with Crippen LogP contribution < -0.4 is 25.9 Å². The summed E-state index contributed by atoms with van der Waals surface area (Å²) >= 11 is 0. The highest BCUT2D eigenvalue weighted by Crippen LogP contribution is 2.62. The van der Waals surface area contributed by atoms with Gasteiger partial charge in [0.15, 0.2) is 23.7 Å². The lowest BCUT2D eigenvalue weighted by molar-refractivity contribution is -0.174. The van der Waals surface area contributed by atoms with Crippen molar-refractivity contribution < 1.29 is 38.4 Å². The number of nitrogens with zero attached hydrogens (tertiary/aromatic N) is 1. The fourth-order valence-corrected chi connectivity index (χ4v) is 6.82. The Morgan fingerprint density at radius 2 is 2.02 bits per heavy atom. The molecule has 1 aliphatic carbocycles. The fraction of sp³-hybridized carbons (Fsp3) is 0.621. The summed E-state index contributed by atoms with van der Waals surface area (Å²) in [5, 5.41) is 19.6. The summed E-state index contributed by atoms with van der Waals surface area (Å²) in [4.78, 5) is 38.2. The number of nitrogens with two attached hydrogens (primary N) is 1. The minimum atomic E-state index is -1.33. The molecule has 3 aliphatic heterocycles. The van der Waals surface area contributed by atoms with Crippen molar-refractivity contribution in [2.75, 3.05) is 20.2 Å². The number of nitrogens with one attached hydrogen (secondary N) is 2. The number of fused-ring (bicyclic) bond motifs is 1. The zero-order chi connectivity index (χ0) is 29.7. The number of hydrazine groups is 1. The molecule has 4 aliphatic rings. The van der Waals surface area contributed by atoms with Crippen LogP contribution in [0.2, 0.25) is 0 Å². The second kappa shape index (κ2) is 10.9. The summed E-state index contributed by atoms with van der Waals surface area (Å²) in [6.45, 7) is 7.98. The predicted octanol–water partition coefficient (Wildman–Crippen LogP) is 0.721. The second-order valence-electron chi connectivity index (χ2n) is 11.5. The number of methoxy groups -OCH3 is 1. The first kappa shape index (κ1) is 29.3. The van der Waals surface area contributed by atoms with E-state index in [-0.39, 0.29) is 24.1 Å². The number of hydrogen-bond donors (Lipinski definition) is 4. The highest BCUT2D eigenvalue weighted by atomic mass is 16.6. The molecule has 1 spiro atoms. The second-order valence-corrected chi connectivity index (χ2v) is 11.5. The summed E-state index contributed by atoms with van der Waals surface area (Å²) < 4.78 is 23.3. The van der Waals surface area contributed by atoms with Crippen LogP contribution in [0.5, 0.6) is 11.5 Å². The van der Waals surface area contributed by atoms with Crippen molar-refractivity contribution in [3.63, 3.8) is 0 Å². The average Bonchev–Trinajstić information content (AvgIpc) is 3.61. The molecule has 0 aromatic heterocycles. The number of hydrogen-bond acceptors (Lipinski definition) is 11. The maximum Gasteiger partial charge on any atom is 0.352 e. The van der Waals surface area contributed by atoms with Crippen LogP contribution in [0.15, 0.2) is 24.0 Å². The molecule has 0 radical (unpaired) electrons. The number of rotatable bonds is 7. The molecule has 12 nitrogen and oxygen atoms in total. The molecule has 1 aromatic rings. The molecule has 0 bridgehead atoms. The van der Waals surface area contributed by atoms with E-state index in [1.165, 1.54) is 13.8 Å². The number of piperidine rings is 1. The van der Waals surface area contributed by atoms with Gasteiger partial charge in [0.05, 0.1) is 30.2 Å². The van der Waals surface area contributed by atoms with E-state index in [2.05, 4.69) is 10.6 Å². The van der Waals surface area contributed by atoms with E-state index in [9.17, 15) is 19.5 Å². The Kier molecular flexibility index (Phi) is 7.79. The van der Waals surface area contributed by atoms with Crippen LogP contribution in [-0.4, -0.2) is 84.1 Å².